The highest BCUT2D eigenvalue weighted by atomic mass is 32.2. The Kier molecular flexibility index (Phi) is 6.95. The van der Waals surface area contributed by atoms with Crippen LogP contribution >= 0.6 is 0 Å². The van der Waals surface area contributed by atoms with Crippen LogP contribution in [0.4, 0.5) is 10.6 Å². The van der Waals surface area contributed by atoms with E-state index in [1.54, 1.807) is 59.7 Å². The van der Waals surface area contributed by atoms with Crippen molar-refractivity contribution in [1.29, 1.82) is 5.26 Å². The first-order chi connectivity index (χ1) is 16.3. The lowest BCUT2D eigenvalue weighted by Crippen LogP contribution is -2.28. The molecular formula is C24H28N6O4S. The van der Waals surface area contributed by atoms with Gasteiger partial charge in [0.2, 0.25) is 10.0 Å². The maximum absolute atomic E-state index is 12.8. The number of carbonyl (C=O) groups is 1. The fraction of sp³-hybridized carbons (Fsp3) is 0.417. The summed E-state index contributed by atoms with van der Waals surface area (Å²) in [6.07, 6.45) is -0.363. The average Bonchev–Trinajstić information content (AvgIpc) is 3.09. The third-order valence-corrected chi connectivity index (χ3v) is 6.75. The van der Waals surface area contributed by atoms with Crippen LogP contribution in [0.1, 0.15) is 59.4 Å². The highest BCUT2D eigenvalue weighted by molar-refractivity contribution is 7.92. The van der Waals surface area contributed by atoms with Crippen molar-refractivity contribution in [3.63, 3.8) is 0 Å². The van der Waals surface area contributed by atoms with Gasteiger partial charge in [0.05, 0.1) is 35.4 Å². The van der Waals surface area contributed by atoms with Crippen LogP contribution in [0, 0.1) is 17.9 Å². The molecule has 184 valence electrons. The van der Waals surface area contributed by atoms with Crippen LogP contribution in [-0.2, 0) is 14.8 Å². The van der Waals surface area contributed by atoms with Gasteiger partial charge in [0.25, 0.3) is 0 Å². The van der Waals surface area contributed by atoms with Crippen molar-refractivity contribution < 1.29 is 17.9 Å². The Bertz CT molecular complexity index is 1410. The summed E-state index contributed by atoms with van der Waals surface area (Å²) < 4.78 is 34.0. The summed E-state index contributed by atoms with van der Waals surface area (Å²) >= 11 is 0. The standard InChI is InChI=1S/C24H28N6O4S/c1-8-11-35(32,33)29-22-17-12-16(20-18(13-25)14(2)27-15(3)21(20)26-7)9-10-19(17)30(28-22)23(31)34-24(4,5)6/h9-10,12,20,27H,8,11H2,1-6H3,(H,28,29). The molecular weight excluding hydrogens is 468 g/mol. The lowest BCUT2D eigenvalue weighted by atomic mass is 9.84. The van der Waals surface area contributed by atoms with Crippen molar-refractivity contribution in [3.05, 3.63) is 57.8 Å². The van der Waals surface area contributed by atoms with Gasteiger partial charge in [0.15, 0.2) is 11.5 Å². The maximum Gasteiger partial charge on any atom is 0.435 e. The van der Waals surface area contributed by atoms with Crippen LogP contribution in [0.25, 0.3) is 15.7 Å². The Morgan fingerprint density at radius 2 is 2.03 bits per heavy atom. The smallest absolute Gasteiger partial charge is 0.435 e. The van der Waals surface area contributed by atoms with Crippen LogP contribution in [0.5, 0.6) is 0 Å². The minimum Gasteiger partial charge on any atom is -0.442 e. The molecule has 2 aromatic rings. The van der Waals surface area contributed by atoms with E-state index in [2.05, 4.69) is 26.1 Å². The maximum atomic E-state index is 12.8. The van der Waals surface area contributed by atoms with Gasteiger partial charge in [-0.3, -0.25) is 4.72 Å². The summed E-state index contributed by atoms with van der Waals surface area (Å²) in [6.45, 7) is 18.1. The van der Waals surface area contributed by atoms with E-state index in [0.29, 0.717) is 45.6 Å². The number of aromatic nitrogens is 2. The van der Waals surface area contributed by atoms with Gasteiger partial charge < -0.3 is 10.1 Å². The predicted molar refractivity (Wildman–Crippen MR) is 133 cm³/mol. The second-order valence-corrected chi connectivity index (χ2v) is 11.1. The summed E-state index contributed by atoms with van der Waals surface area (Å²) in [4.78, 5) is 16.5. The summed E-state index contributed by atoms with van der Waals surface area (Å²) in [5.41, 5.74) is 2.15. The molecule has 0 spiro atoms. The Morgan fingerprint density at radius 1 is 1.34 bits per heavy atom. The largest absolute Gasteiger partial charge is 0.442 e. The van der Waals surface area contributed by atoms with Gasteiger partial charge in [0, 0.05) is 16.8 Å². The molecule has 0 aliphatic carbocycles. The Balaban J connectivity index is 2.25. The molecule has 0 fully saturated rings. The number of hydrogen-bond acceptors (Lipinski definition) is 7. The zero-order valence-corrected chi connectivity index (χ0v) is 21.4. The summed E-state index contributed by atoms with van der Waals surface area (Å²) in [5.74, 6) is -0.793. The molecule has 1 aliphatic heterocycles. The summed E-state index contributed by atoms with van der Waals surface area (Å²) in [7, 11) is -3.72. The van der Waals surface area contributed by atoms with E-state index < -0.39 is 27.6 Å². The molecule has 3 rings (SSSR count). The number of ether oxygens (including phenoxy) is 1. The lowest BCUT2D eigenvalue weighted by molar-refractivity contribution is 0.0523. The molecule has 35 heavy (non-hydrogen) atoms. The van der Waals surface area contributed by atoms with Crippen molar-refractivity contribution >= 4 is 32.8 Å². The van der Waals surface area contributed by atoms with Crippen LogP contribution < -0.4 is 10.0 Å². The zero-order valence-electron chi connectivity index (χ0n) is 20.6. The molecule has 1 aromatic carbocycles. The molecule has 11 heteroatoms. The van der Waals surface area contributed by atoms with Gasteiger partial charge in [-0.15, -0.1) is 5.10 Å². The van der Waals surface area contributed by atoms with E-state index in [1.807, 2.05) is 0 Å². The van der Waals surface area contributed by atoms with Gasteiger partial charge >= 0.3 is 6.09 Å². The van der Waals surface area contributed by atoms with Gasteiger partial charge in [-0.2, -0.15) is 9.94 Å². The number of nitrogens with zero attached hydrogens (tertiary/aromatic N) is 4. The van der Waals surface area contributed by atoms with E-state index in [4.69, 9.17) is 11.3 Å². The number of dihydropyridines is 1. The van der Waals surface area contributed by atoms with Gasteiger partial charge in [-0.1, -0.05) is 13.0 Å². The van der Waals surface area contributed by atoms with Gasteiger partial charge in [-0.25, -0.2) is 18.1 Å². The number of anilines is 1. The minimum atomic E-state index is -3.72. The molecule has 1 unspecified atom stereocenters. The van der Waals surface area contributed by atoms with Crippen LogP contribution in [0.3, 0.4) is 0 Å². The molecule has 1 aromatic heterocycles. The number of benzene rings is 1. The lowest BCUT2D eigenvalue weighted by Gasteiger charge is -2.26. The number of nitriles is 1. The van der Waals surface area contributed by atoms with E-state index >= 15 is 0 Å². The third kappa shape index (κ3) is 5.31. The topological polar surface area (TPSA) is 130 Å². The number of rotatable bonds is 5. The number of nitrogens with one attached hydrogen (secondary N) is 2. The molecule has 10 nitrogen and oxygen atoms in total. The molecule has 0 bridgehead atoms. The molecule has 1 atom stereocenters. The van der Waals surface area contributed by atoms with E-state index in [0.717, 1.165) is 4.68 Å². The fourth-order valence-corrected chi connectivity index (χ4v) is 4.99. The Morgan fingerprint density at radius 3 is 2.60 bits per heavy atom. The Hall–Kier alpha value is -3.83. The molecule has 0 amide bonds. The highest BCUT2D eigenvalue weighted by Gasteiger charge is 2.31. The SMILES string of the molecule is [C-]#[N+]C1=C(C)NC(C)=C(C#N)C1c1ccc2c(c1)c(NS(=O)(=O)CCC)nn2C(=O)OC(C)(C)C. The van der Waals surface area contributed by atoms with Crippen molar-refractivity contribution in [2.45, 2.75) is 59.5 Å². The van der Waals surface area contributed by atoms with Crippen molar-refractivity contribution in [2.75, 3.05) is 10.5 Å². The normalized spacial score (nSPS) is 16.5. The molecule has 1 aliphatic rings. The molecule has 0 radical (unpaired) electrons. The van der Waals surface area contributed by atoms with Crippen molar-refractivity contribution in [1.82, 2.24) is 15.1 Å². The second kappa shape index (κ2) is 9.43. The van der Waals surface area contributed by atoms with Crippen molar-refractivity contribution in [3.8, 4) is 6.07 Å². The molecule has 2 N–H and O–H groups in total. The van der Waals surface area contributed by atoms with E-state index in [1.165, 1.54) is 0 Å². The number of sulfonamides is 1. The van der Waals surface area contributed by atoms with Crippen LogP contribution in [-0.4, -0.2) is 35.6 Å². The number of hydrogen-bond donors (Lipinski definition) is 2. The number of carbonyl (C=O) groups excluding carboxylic acids is 1. The molecule has 0 saturated carbocycles. The quantitative estimate of drug-likeness (QED) is 0.578. The van der Waals surface area contributed by atoms with E-state index in [9.17, 15) is 18.5 Å². The fourth-order valence-electron chi connectivity index (χ4n) is 3.91. The zero-order chi connectivity index (χ0) is 26.1. The van der Waals surface area contributed by atoms with Gasteiger partial charge in [0.1, 0.15) is 5.60 Å². The minimum absolute atomic E-state index is 0.0284. The average molecular weight is 497 g/mol. The van der Waals surface area contributed by atoms with Crippen molar-refractivity contribution in [2.24, 2.45) is 0 Å². The first-order valence-electron chi connectivity index (χ1n) is 11.0. The van der Waals surface area contributed by atoms with Gasteiger partial charge in [-0.05, 0) is 58.7 Å². The molecule has 2 heterocycles. The summed E-state index contributed by atoms with van der Waals surface area (Å²) in [6, 6.07) is 7.16. The third-order valence-electron chi connectivity index (χ3n) is 5.29. The van der Waals surface area contributed by atoms with Crippen LogP contribution in [0.15, 0.2) is 40.9 Å². The first-order valence-corrected chi connectivity index (χ1v) is 12.7. The Labute approximate surface area is 205 Å². The second-order valence-electron chi connectivity index (χ2n) is 9.27. The number of allylic oxidation sites excluding steroid dienone is 3. The molecule has 0 saturated heterocycles. The van der Waals surface area contributed by atoms with Crippen LogP contribution in [0.2, 0.25) is 0 Å². The first kappa shape index (κ1) is 25.8. The summed E-state index contributed by atoms with van der Waals surface area (Å²) in [5, 5.41) is 17.5. The monoisotopic (exact) mass is 496 g/mol. The number of fused-ring (bicyclic) bond motifs is 1. The van der Waals surface area contributed by atoms with E-state index in [-0.39, 0.29) is 11.6 Å². The predicted octanol–water partition coefficient (Wildman–Crippen LogP) is 4.61. The highest BCUT2D eigenvalue weighted by Crippen LogP contribution is 2.40.